The summed E-state index contributed by atoms with van der Waals surface area (Å²) in [6.07, 6.45) is 0.766. The van der Waals surface area contributed by atoms with Gasteiger partial charge in [0.15, 0.2) is 0 Å². The van der Waals surface area contributed by atoms with Gasteiger partial charge in [-0.15, -0.1) is 0 Å². The Bertz CT molecular complexity index is 167. The number of aliphatic hydroxyl groups is 1. The maximum Gasteiger partial charge on any atom is 0.312 e. The van der Waals surface area contributed by atoms with Crippen LogP contribution in [0.5, 0.6) is 0 Å². The van der Waals surface area contributed by atoms with Crippen molar-refractivity contribution in [1.29, 1.82) is 0 Å². The van der Waals surface area contributed by atoms with Crippen molar-refractivity contribution < 1.29 is 14.6 Å². The predicted molar refractivity (Wildman–Crippen MR) is 39.9 cm³/mol. The molecule has 1 aliphatic carbocycles. The largest absolute Gasteiger partial charge is 0.466 e. The predicted octanol–water partition coefficient (Wildman–Crippen LogP) is 0.568. The van der Waals surface area contributed by atoms with Crippen LogP contribution in [0.15, 0.2) is 0 Å². The normalized spacial score (nSPS) is 35.0. The summed E-state index contributed by atoms with van der Waals surface area (Å²) in [6, 6.07) is 0. The van der Waals surface area contributed by atoms with Gasteiger partial charge in [0.25, 0.3) is 0 Å². The lowest BCUT2D eigenvalue weighted by Crippen LogP contribution is -2.18. The summed E-state index contributed by atoms with van der Waals surface area (Å²) in [4.78, 5) is 11.2. The molecule has 0 saturated heterocycles. The quantitative estimate of drug-likeness (QED) is 0.611. The molecule has 0 aromatic carbocycles. The number of carbonyl (C=O) groups excluding carboxylic acids is 1. The third-order valence-corrected chi connectivity index (χ3v) is 2.37. The molecule has 1 rings (SSSR count). The highest BCUT2D eigenvalue weighted by Gasteiger charge is 2.56. The van der Waals surface area contributed by atoms with Gasteiger partial charge < -0.3 is 9.84 Å². The third kappa shape index (κ3) is 1.38. The van der Waals surface area contributed by atoms with Crippen LogP contribution in [0.25, 0.3) is 0 Å². The van der Waals surface area contributed by atoms with Gasteiger partial charge in [-0.2, -0.15) is 0 Å². The molecule has 1 N–H and O–H groups in total. The monoisotopic (exact) mass is 158 g/mol. The van der Waals surface area contributed by atoms with Crippen LogP contribution in [0, 0.1) is 11.3 Å². The number of rotatable bonds is 3. The summed E-state index contributed by atoms with van der Waals surface area (Å²) in [6.45, 7) is 4.14. The molecule has 3 nitrogen and oxygen atoms in total. The number of carbonyl (C=O) groups is 1. The Morgan fingerprint density at radius 2 is 2.45 bits per heavy atom. The molecule has 2 atom stereocenters. The van der Waals surface area contributed by atoms with E-state index in [9.17, 15) is 4.79 Å². The van der Waals surface area contributed by atoms with Gasteiger partial charge in [-0.3, -0.25) is 4.79 Å². The molecule has 0 aromatic rings. The molecule has 0 amide bonds. The molecule has 1 aliphatic rings. The Morgan fingerprint density at radius 3 is 2.82 bits per heavy atom. The van der Waals surface area contributed by atoms with E-state index in [1.54, 1.807) is 6.92 Å². The Labute approximate surface area is 66.4 Å². The molecule has 0 radical (unpaired) electrons. The van der Waals surface area contributed by atoms with E-state index in [0.717, 1.165) is 6.42 Å². The maximum absolute atomic E-state index is 11.2. The number of ether oxygens (including phenoxy) is 1. The maximum atomic E-state index is 11.2. The first kappa shape index (κ1) is 8.53. The van der Waals surface area contributed by atoms with Crippen molar-refractivity contribution in [3.8, 4) is 0 Å². The van der Waals surface area contributed by atoms with Crippen LogP contribution >= 0.6 is 0 Å². The number of aliphatic hydroxyl groups excluding tert-OH is 1. The zero-order valence-electron chi connectivity index (χ0n) is 6.96. The van der Waals surface area contributed by atoms with E-state index < -0.39 is 0 Å². The van der Waals surface area contributed by atoms with Gasteiger partial charge in [-0.05, 0) is 26.2 Å². The number of hydrogen-bond acceptors (Lipinski definition) is 3. The van der Waals surface area contributed by atoms with Crippen LogP contribution in [0.1, 0.15) is 20.3 Å². The first-order chi connectivity index (χ1) is 5.15. The van der Waals surface area contributed by atoms with Crippen LogP contribution < -0.4 is 0 Å². The fraction of sp³-hybridized carbons (Fsp3) is 0.875. The SMILES string of the molecule is CCOC(=O)[C@@]1(C)C[C@@H]1CO. The van der Waals surface area contributed by atoms with Crippen LogP contribution in [0.2, 0.25) is 0 Å². The molecule has 3 heteroatoms. The number of hydrogen-bond donors (Lipinski definition) is 1. The van der Waals surface area contributed by atoms with Gasteiger partial charge in [0.1, 0.15) is 0 Å². The zero-order valence-corrected chi connectivity index (χ0v) is 6.96. The van der Waals surface area contributed by atoms with Crippen molar-refractivity contribution in [2.45, 2.75) is 20.3 Å². The van der Waals surface area contributed by atoms with Crippen LogP contribution in [0.4, 0.5) is 0 Å². The molecule has 0 bridgehead atoms. The van der Waals surface area contributed by atoms with Crippen molar-refractivity contribution in [1.82, 2.24) is 0 Å². The second kappa shape index (κ2) is 2.81. The van der Waals surface area contributed by atoms with Crippen LogP contribution in [0.3, 0.4) is 0 Å². The van der Waals surface area contributed by atoms with Crippen molar-refractivity contribution in [2.24, 2.45) is 11.3 Å². The van der Waals surface area contributed by atoms with Crippen LogP contribution in [-0.4, -0.2) is 24.3 Å². The van der Waals surface area contributed by atoms with Crippen molar-refractivity contribution in [2.75, 3.05) is 13.2 Å². The molecule has 0 aromatic heterocycles. The third-order valence-electron chi connectivity index (χ3n) is 2.37. The average Bonchev–Trinajstić information content (AvgIpc) is 2.64. The lowest BCUT2D eigenvalue weighted by Gasteiger charge is -2.08. The minimum absolute atomic E-state index is 0.0926. The molecule has 11 heavy (non-hydrogen) atoms. The van der Waals surface area contributed by atoms with E-state index in [4.69, 9.17) is 9.84 Å². The van der Waals surface area contributed by atoms with Crippen molar-refractivity contribution in [3.05, 3.63) is 0 Å². The smallest absolute Gasteiger partial charge is 0.312 e. The molecule has 0 unspecified atom stereocenters. The van der Waals surface area contributed by atoms with Gasteiger partial charge in [-0.1, -0.05) is 0 Å². The van der Waals surface area contributed by atoms with E-state index in [0.29, 0.717) is 6.61 Å². The fourth-order valence-corrected chi connectivity index (χ4v) is 1.26. The van der Waals surface area contributed by atoms with E-state index >= 15 is 0 Å². The Kier molecular flexibility index (Phi) is 2.18. The highest BCUT2D eigenvalue weighted by Crippen LogP contribution is 2.52. The molecule has 64 valence electrons. The minimum atomic E-state index is -0.384. The summed E-state index contributed by atoms with van der Waals surface area (Å²) in [7, 11) is 0. The lowest BCUT2D eigenvalue weighted by atomic mass is 10.1. The second-order valence-corrected chi connectivity index (χ2v) is 3.22. The van der Waals surface area contributed by atoms with E-state index in [-0.39, 0.29) is 23.9 Å². The molecule has 1 fully saturated rings. The van der Waals surface area contributed by atoms with E-state index in [2.05, 4.69) is 0 Å². The summed E-state index contributed by atoms with van der Waals surface area (Å²) in [5.74, 6) is -0.0411. The standard InChI is InChI=1S/C8H14O3/c1-3-11-7(10)8(2)4-6(8)5-9/h6,9H,3-5H2,1-2H3/t6-,8+/m1/s1. The summed E-state index contributed by atoms with van der Waals surface area (Å²) >= 11 is 0. The molecule has 0 heterocycles. The average molecular weight is 158 g/mol. The Hall–Kier alpha value is -0.570. The molecule has 0 aliphatic heterocycles. The highest BCUT2D eigenvalue weighted by atomic mass is 16.5. The van der Waals surface area contributed by atoms with Gasteiger partial charge >= 0.3 is 5.97 Å². The summed E-state index contributed by atoms with van der Waals surface area (Å²) in [5, 5.41) is 8.75. The second-order valence-electron chi connectivity index (χ2n) is 3.22. The first-order valence-corrected chi connectivity index (χ1v) is 3.93. The topological polar surface area (TPSA) is 46.5 Å². The summed E-state index contributed by atoms with van der Waals surface area (Å²) < 4.78 is 4.85. The van der Waals surface area contributed by atoms with Crippen molar-refractivity contribution >= 4 is 5.97 Å². The van der Waals surface area contributed by atoms with Gasteiger partial charge in [0, 0.05) is 6.61 Å². The van der Waals surface area contributed by atoms with Gasteiger partial charge in [-0.25, -0.2) is 0 Å². The lowest BCUT2D eigenvalue weighted by molar-refractivity contribution is -0.149. The minimum Gasteiger partial charge on any atom is -0.466 e. The fourth-order valence-electron chi connectivity index (χ4n) is 1.26. The highest BCUT2D eigenvalue weighted by molar-refractivity contribution is 5.80. The first-order valence-electron chi connectivity index (χ1n) is 3.93. The van der Waals surface area contributed by atoms with Gasteiger partial charge in [0.2, 0.25) is 0 Å². The van der Waals surface area contributed by atoms with Crippen molar-refractivity contribution in [3.63, 3.8) is 0 Å². The molecule has 0 spiro atoms. The molecule has 1 saturated carbocycles. The van der Waals surface area contributed by atoms with Gasteiger partial charge in [0.05, 0.1) is 12.0 Å². The molecular formula is C8H14O3. The Morgan fingerprint density at radius 1 is 1.82 bits per heavy atom. The molecular weight excluding hydrogens is 144 g/mol. The van der Waals surface area contributed by atoms with E-state index in [1.165, 1.54) is 0 Å². The Balaban J connectivity index is 2.42. The zero-order chi connectivity index (χ0) is 8.48. The van der Waals surface area contributed by atoms with Crippen LogP contribution in [-0.2, 0) is 9.53 Å². The summed E-state index contributed by atoms with van der Waals surface area (Å²) in [5.41, 5.74) is -0.384. The van der Waals surface area contributed by atoms with E-state index in [1.807, 2.05) is 6.92 Å². The number of esters is 1.